The number of likely N-dealkylation sites (N-methyl/N-ethyl adjacent to an activating group) is 1. The van der Waals surface area contributed by atoms with Crippen molar-refractivity contribution >= 4 is 0 Å². The van der Waals surface area contributed by atoms with E-state index in [9.17, 15) is 0 Å². The third kappa shape index (κ3) is 3.30. The van der Waals surface area contributed by atoms with Crippen LogP contribution in [-0.4, -0.2) is 67.8 Å². The number of nitrogens with zero attached hydrogens (tertiary/aromatic N) is 2. The zero-order valence-electron chi connectivity index (χ0n) is 12.9. The third-order valence-electron chi connectivity index (χ3n) is 5.16. The fourth-order valence-corrected chi connectivity index (χ4v) is 3.67. The fraction of sp³-hybridized carbons (Fsp3) is 1.00. The van der Waals surface area contributed by atoms with Crippen LogP contribution in [0.25, 0.3) is 0 Å². The number of piperidine rings is 1. The zero-order chi connectivity index (χ0) is 13.9. The minimum Gasteiger partial charge on any atom is -0.378 e. The van der Waals surface area contributed by atoms with Crippen molar-refractivity contribution in [2.45, 2.75) is 56.7 Å². The van der Waals surface area contributed by atoms with Gasteiger partial charge in [0.2, 0.25) is 0 Å². The van der Waals surface area contributed by atoms with Crippen molar-refractivity contribution in [2.75, 3.05) is 40.3 Å². The molecule has 0 spiro atoms. The summed E-state index contributed by atoms with van der Waals surface area (Å²) in [5.41, 5.74) is 6.38. The standard InChI is InChI=1S/C15H31N3O/c1-4-14-10-15(12-16,7-9-19-14)18-8-5-6-13(11-18)17(2)3/h13-14H,4-12,16H2,1-3H3. The van der Waals surface area contributed by atoms with Gasteiger partial charge in [-0.2, -0.15) is 0 Å². The van der Waals surface area contributed by atoms with Crippen LogP contribution in [0.1, 0.15) is 39.0 Å². The van der Waals surface area contributed by atoms with Gasteiger partial charge in [0.05, 0.1) is 6.10 Å². The number of nitrogens with two attached hydrogens (primary N) is 1. The Hall–Kier alpha value is -0.160. The van der Waals surface area contributed by atoms with Crippen molar-refractivity contribution in [3.63, 3.8) is 0 Å². The average molecular weight is 269 g/mol. The first-order chi connectivity index (χ1) is 9.11. The molecule has 2 rings (SSSR count). The van der Waals surface area contributed by atoms with Crippen LogP contribution in [-0.2, 0) is 4.74 Å². The first kappa shape index (κ1) is 15.2. The molecule has 2 aliphatic heterocycles. The summed E-state index contributed by atoms with van der Waals surface area (Å²) < 4.78 is 5.86. The fourth-order valence-electron chi connectivity index (χ4n) is 3.67. The van der Waals surface area contributed by atoms with E-state index < -0.39 is 0 Å². The molecule has 0 bridgehead atoms. The lowest BCUT2D eigenvalue weighted by Gasteiger charge is -2.51. The number of hydrogen-bond acceptors (Lipinski definition) is 4. The van der Waals surface area contributed by atoms with Crippen LogP contribution < -0.4 is 5.73 Å². The van der Waals surface area contributed by atoms with Gasteiger partial charge in [0.15, 0.2) is 0 Å². The normalized spacial score (nSPS) is 37.7. The first-order valence-electron chi connectivity index (χ1n) is 7.84. The SMILES string of the molecule is CCC1CC(CN)(N2CCCC(N(C)C)C2)CCO1. The van der Waals surface area contributed by atoms with Crippen molar-refractivity contribution in [3.8, 4) is 0 Å². The Morgan fingerprint density at radius 2 is 2.21 bits per heavy atom. The molecule has 2 N–H and O–H groups in total. The Balaban J connectivity index is 2.07. The highest BCUT2D eigenvalue weighted by Gasteiger charge is 2.42. The first-order valence-corrected chi connectivity index (χ1v) is 7.84. The predicted molar refractivity (Wildman–Crippen MR) is 79.3 cm³/mol. The van der Waals surface area contributed by atoms with E-state index in [0.29, 0.717) is 12.1 Å². The van der Waals surface area contributed by atoms with E-state index in [4.69, 9.17) is 10.5 Å². The Morgan fingerprint density at radius 1 is 1.42 bits per heavy atom. The molecular formula is C15H31N3O. The Morgan fingerprint density at radius 3 is 2.84 bits per heavy atom. The summed E-state index contributed by atoms with van der Waals surface area (Å²) in [6, 6.07) is 0.681. The third-order valence-corrected chi connectivity index (χ3v) is 5.16. The quantitative estimate of drug-likeness (QED) is 0.835. The average Bonchev–Trinajstić information content (AvgIpc) is 2.47. The predicted octanol–water partition coefficient (Wildman–Crippen LogP) is 1.30. The van der Waals surface area contributed by atoms with Gasteiger partial charge in [0.1, 0.15) is 0 Å². The van der Waals surface area contributed by atoms with Crippen molar-refractivity contribution in [1.29, 1.82) is 0 Å². The molecule has 3 unspecified atom stereocenters. The Labute approximate surface area is 118 Å². The molecule has 0 aromatic rings. The van der Waals surface area contributed by atoms with Crippen LogP contribution in [0.15, 0.2) is 0 Å². The largest absolute Gasteiger partial charge is 0.378 e. The zero-order valence-corrected chi connectivity index (χ0v) is 12.9. The van der Waals surface area contributed by atoms with Crippen LogP contribution in [0.5, 0.6) is 0 Å². The molecule has 0 amide bonds. The maximum Gasteiger partial charge on any atom is 0.0590 e. The second-order valence-corrected chi connectivity index (χ2v) is 6.49. The summed E-state index contributed by atoms with van der Waals surface area (Å²) in [5.74, 6) is 0. The maximum absolute atomic E-state index is 6.20. The molecule has 19 heavy (non-hydrogen) atoms. The van der Waals surface area contributed by atoms with Gasteiger partial charge in [-0.3, -0.25) is 4.90 Å². The van der Waals surface area contributed by atoms with E-state index in [1.54, 1.807) is 0 Å². The summed E-state index contributed by atoms with van der Waals surface area (Å²) in [5, 5.41) is 0. The maximum atomic E-state index is 6.20. The highest BCUT2D eigenvalue weighted by Crippen LogP contribution is 2.34. The molecule has 4 nitrogen and oxygen atoms in total. The van der Waals surface area contributed by atoms with Gasteiger partial charge < -0.3 is 15.4 Å². The van der Waals surface area contributed by atoms with Crippen LogP contribution >= 0.6 is 0 Å². The van der Waals surface area contributed by atoms with Gasteiger partial charge in [0.25, 0.3) is 0 Å². The van der Waals surface area contributed by atoms with Crippen LogP contribution in [0.3, 0.4) is 0 Å². The van der Waals surface area contributed by atoms with Crippen LogP contribution in [0.2, 0.25) is 0 Å². The summed E-state index contributed by atoms with van der Waals surface area (Å²) in [6.45, 7) is 6.24. The molecule has 2 aliphatic rings. The molecule has 0 radical (unpaired) electrons. The van der Waals surface area contributed by atoms with Crippen LogP contribution in [0.4, 0.5) is 0 Å². The van der Waals surface area contributed by atoms with Crippen molar-refractivity contribution < 1.29 is 4.74 Å². The van der Waals surface area contributed by atoms with Gasteiger partial charge in [-0.05, 0) is 52.7 Å². The summed E-state index contributed by atoms with van der Waals surface area (Å²) >= 11 is 0. The minimum atomic E-state index is 0.188. The Bertz CT molecular complexity index is 285. The lowest BCUT2D eigenvalue weighted by atomic mass is 9.82. The van der Waals surface area contributed by atoms with Gasteiger partial charge in [-0.25, -0.2) is 0 Å². The van der Waals surface area contributed by atoms with Crippen molar-refractivity contribution in [2.24, 2.45) is 5.73 Å². The molecule has 2 fully saturated rings. The van der Waals surface area contributed by atoms with Crippen molar-refractivity contribution in [3.05, 3.63) is 0 Å². The molecule has 3 atom stereocenters. The van der Waals surface area contributed by atoms with Gasteiger partial charge >= 0.3 is 0 Å². The van der Waals surface area contributed by atoms with E-state index in [2.05, 4.69) is 30.8 Å². The highest BCUT2D eigenvalue weighted by molar-refractivity contribution is 4.98. The van der Waals surface area contributed by atoms with Crippen molar-refractivity contribution in [1.82, 2.24) is 9.80 Å². The second kappa shape index (κ2) is 6.53. The van der Waals surface area contributed by atoms with E-state index in [1.807, 2.05) is 0 Å². The Kier molecular flexibility index (Phi) is 5.23. The van der Waals surface area contributed by atoms with E-state index in [-0.39, 0.29) is 5.54 Å². The highest BCUT2D eigenvalue weighted by atomic mass is 16.5. The summed E-state index contributed by atoms with van der Waals surface area (Å²) in [4.78, 5) is 5.04. The molecule has 0 aromatic carbocycles. The van der Waals surface area contributed by atoms with E-state index >= 15 is 0 Å². The molecule has 4 heteroatoms. The molecule has 0 saturated carbocycles. The lowest BCUT2D eigenvalue weighted by molar-refractivity contribution is -0.0833. The van der Waals surface area contributed by atoms with Gasteiger partial charge in [0, 0.05) is 31.3 Å². The molecule has 0 aliphatic carbocycles. The van der Waals surface area contributed by atoms with E-state index in [1.165, 1.54) is 25.9 Å². The molecular weight excluding hydrogens is 238 g/mol. The topological polar surface area (TPSA) is 41.7 Å². The van der Waals surface area contributed by atoms with Gasteiger partial charge in [-0.1, -0.05) is 6.92 Å². The minimum absolute atomic E-state index is 0.188. The van der Waals surface area contributed by atoms with Gasteiger partial charge in [-0.15, -0.1) is 0 Å². The molecule has 2 heterocycles. The second-order valence-electron chi connectivity index (χ2n) is 6.49. The van der Waals surface area contributed by atoms with E-state index in [0.717, 1.165) is 32.4 Å². The lowest BCUT2D eigenvalue weighted by Crippen LogP contribution is -2.62. The number of ether oxygens (including phenoxy) is 1. The number of likely N-dealkylation sites (tertiary alicyclic amines) is 1. The molecule has 0 aromatic heterocycles. The smallest absolute Gasteiger partial charge is 0.0590 e. The van der Waals surface area contributed by atoms with Crippen LogP contribution in [0, 0.1) is 0 Å². The summed E-state index contributed by atoms with van der Waals surface area (Å²) in [7, 11) is 4.39. The number of hydrogen-bond donors (Lipinski definition) is 1. The monoisotopic (exact) mass is 269 g/mol. The number of rotatable bonds is 4. The summed E-state index contributed by atoms with van der Waals surface area (Å²) in [6.07, 6.45) is 6.32. The molecule has 112 valence electrons. The molecule has 2 saturated heterocycles.